The minimum absolute atomic E-state index is 0.0580. The lowest BCUT2D eigenvalue weighted by atomic mass is 9.82. The highest BCUT2D eigenvalue weighted by atomic mass is 32.2. The summed E-state index contributed by atoms with van der Waals surface area (Å²) in [4.78, 5) is 4.28. The highest BCUT2D eigenvalue weighted by Crippen LogP contribution is 2.35. The second-order valence-electron chi connectivity index (χ2n) is 7.59. The SMILES string of the molecule is COc1ccc(S(=O)(=O)c2ccccn2)cc1CC1CCCN[C@@H]1c1ccccc1. The van der Waals surface area contributed by atoms with Gasteiger partial charge >= 0.3 is 0 Å². The Morgan fingerprint density at radius 1 is 1.07 bits per heavy atom. The number of rotatable bonds is 6. The second kappa shape index (κ2) is 8.98. The minimum Gasteiger partial charge on any atom is -0.496 e. The molecule has 0 radical (unpaired) electrons. The molecule has 0 saturated carbocycles. The number of hydrogen-bond acceptors (Lipinski definition) is 5. The first kappa shape index (κ1) is 20.6. The Labute approximate surface area is 178 Å². The van der Waals surface area contributed by atoms with Crippen molar-refractivity contribution in [2.75, 3.05) is 13.7 Å². The number of pyridine rings is 1. The van der Waals surface area contributed by atoms with Gasteiger partial charge in [0, 0.05) is 12.2 Å². The standard InChI is InChI=1S/C24H26N2O3S/c1-29-22-13-12-21(30(27,28)23-11-5-6-14-25-23)17-20(22)16-19-10-7-15-26-24(19)18-8-3-2-4-9-18/h2-6,8-9,11-14,17,19,24,26H,7,10,15-16H2,1H3/t19?,24-/m1/s1. The number of benzene rings is 2. The quantitative estimate of drug-likeness (QED) is 0.645. The molecule has 0 bridgehead atoms. The number of nitrogens with zero attached hydrogens (tertiary/aromatic N) is 1. The maximum atomic E-state index is 13.0. The normalized spacial score (nSPS) is 19.4. The Bertz CT molecular complexity index is 1090. The largest absolute Gasteiger partial charge is 0.496 e. The third kappa shape index (κ3) is 4.25. The van der Waals surface area contributed by atoms with Gasteiger partial charge in [-0.25, -0.2) is 13.4 Å². The van der Waals surface area contributed by atoms with Crippen LogP contribution in [0.25, 0.3) is 0 Å². The molecule has 4 rings (SSSR count). The van der Waals surface area contributed by atoms with Crippen molar-refractivity contribution in [1.29, 1.82) is 0 Å². The predicted octanol–water partition coefficient (Wildman–Crippen LogP) is 4.21. The lowest BCUT2D eigenvalue weighted by Gasteiger charge is -2.33. The summed E-state index contributed by atoms with van der Waals surface area (Å²) in [5, 5.41) is 3.70. The van der Waals surface area contributed by atoms with E-state index in [1.54, 1.807) is 37.4 Å². The van der Waals surface area contributed by atoms with Gasteiger partial charge in [0.25, 0.3) is 0 Å². The van der Waals surface area contributed by atoms with E-state index in [-0.39, 0.29) is 16.0 Å². The van der Waals surface area contributed by atoms with Gasteiger partial charge in [0.1, 0.15) is 5.75 Å². The van der Waals surface area contributed by atoms with Crippen molar-refractivity contribution < 1.29 is 13.2 Å². The van der Waals surface area contributed by atoms with Crippen LogP contribution in [0.4, 0.5) is 0 Å². The minimum atomic E-state index is -3.68. The van der Waals surface area contributed by atoms with Gasteiger partial charge in [-0.3, -0.25) is 0 Å². The number of nitrogens with one attached hydrogen (secondary N) is 1. The number of hydrogen-bond donors (Lipinski definition) is 1. The van der Waals surface area contributed by atoms with Crippen LogP contribution in [0.1, 0.15) is 30.0 Å². The Balaban J connectivity index is 1.67. The third-order valence-electron chi connectivity index (χ3n) is 5.70. The van der Waals surface area contributed by atoms with Crippen LogP contribution in [0, 0.1) is 5.92 Å². The lowest BCUT2D eigenvalue weighted by molar-refractivity contribution is 0.279. The fourth-order valence-corrected chi connectivity index (χ4v) is 5.46. The highest BCUT2D eigenvalue weighted by Gasteiger charge is 2.28. The number of ether oxygens (including phenoxy) is 1. The molecule has 6 heteroatoms. The van der Waals surface area contributed by atoms with E-state index < -0.39 is 9.84 Å². The summed E-state index contributed by atoms with van der Waals surface area (Å²) in [5.74, 6) is 1.07. The lowest BCUT2D eigenvalue weighted by Crippen LogP contribution is -2.35. The van der Waals surface area contributed by atoms with Gasteiger partial charge in [0.15, 0.2) is 5.03 Å². The molecule has 2 aromatic carbocycles. The molecular formula is C24H26N2O3S. The van der Waals surface area contributed by atoms with E-state index in [0.717, 1.165) is 31.4 Å². The maximum Gasteiger partial charge on any atom is 0.223 e. The molecule has 1 N–H and O–H groups in total. The predicted molar refractivity (Wildman–Crippen MR) is 116 cm³/mol. The zero-order chi connectivity index (χ0) is 21.0. The average Bonchev–Trinajstić information content (AvgIpc) is 2.80. The van der Waals surface area contributed by atoms with Crippen LogP contribution in [-0.4, -0.2) is 27.1 Å². The van der Waals surface area contributed by atoms with Crippen LogP contribution in [0.3, 0.4) is 0 Å². The summed E-state index contributed by atoms with van der Waals surface area (Å²) in [5.41, 5.74) is 2.17. The first-order valence-corrected chi connectivity index (χ1v) is 11.7. The smallest absolute Gasteiger partial charge is 0.223 e. The van der Waals surface area contributed by atoms with E-state index in [1.807, 2.05) is 6.07 Å². The molecular weight excluding hydrogens is 396 g/mol. The summed E-state index contributed by atoms with van der Waals surface area (Å²) in [7, 11) is -2.05. The van der Waals surface area contributed by atoms with E-state index >= 15 is 0 Å². The van der Waals surface area contributed by atoms with Crippen LogP contribution < -0.4 is 10.1 Å². The van der Waals surface area contributed by atoms with Crippen LogP contribution in [0.15, 0.2) is 82.8 Å². The fourth-order valence-electron chi connectivity index (χ4n) is 4.22. The molecule has 1 aromatic heterocycles. The van der Waals surface area contributed by atoms with Gasteiger partial charge in [-0.15, -0.1) is 0 Å². The van der Waals surface area contributed by atoms with E-state index in [4.69, 9.17) is 4.74 Å². The molecule has 1 unspecified atom stereocenters. The van der Waals surface area contributed by atoms with Gasteiger partial charge < -0.3 is 10.1 Å². The van der Waals surface area contributed by atoms with Crippen LogP contribution >= 0.6 is 0 Å². The van der Waals surface area contributed by atoms with E-state index in [0.29, 0.717) is 11.7 Å². The molecule has 0 amide bonds. The van der Waals surface area contributed by atoms with Crippen molar-refractivity contribution in [3.63, 3.8) is 0 Å². The molecule has 0 aliphatic carbocycles. The maximum absolute atomic E-state index is 13.0. The monoisotopic (exact) mass is 422 g/mol. The molecule has 1 fully saturated rings. The molecule has 1 aliphatic rings. The number of sulfone groups is 1. The zero-order valence-electron chi connectivity index (χ0n) is 17.0. The summed E-state index contributed by atoms with van der Waals surface area (Å²) in [6, 6.07) is 20.7. The highest BCUT2D eigenvalue weighted by molar-refractivity contribution is 7.91. The zero-order valence-corrected chi connectivity index (χ0v) is 17.8. The Morgan fingerprint density at radius 3 is 2.60 bits per heavy atom. The van der Waals surface area contributed by atoms with Gasteiger partial charge in [-0.05, 0) is 73.2 Å². The van der Waals surface area contributed by atoms with E-state index in [2.05, 4.69) is 34.6 Å². The van der Waals surface area contributed by atoms with Crippen LogP contribution in [-0.2, 0) is 16.3 Å². The summed E-state index contributed by atoms with van der Waals surface area (Å²) in [6.45, 7) is 0.987. The van der Waals surface area contributed by atoms with Crippen molar-refractivity contribution in [3.8, 4) is 5.75 Å². The molecule has 2 heterocycles. The van der Waals surface area contributed by atoms with Crippen LogP contribution in [0.5, 0.6) is 5.75 Å². The van der Waals surface area contributed by atoms with E-state index in [1.165, 1.54) is 17.8 Å². The Kier molecular flexibility index (Phi) is 6.16. The molecule has 0 spiro atoms. The Hall–Kier alpha value is -2.70. The summed E-state index contributed by atoms with van der Waals surface area (Å²) in [6.07, 6.45) is 4.41. The first-order valence-electron chi connectivity index (χ1n) is 10.2. The van der Waals surface area contributed by atoms with E-state index in [9.17, 15) is 8.42 Å². The number of piperidine rings is 1. The average molecular weight is 423 g/mol. The molecule has 3 aromatic rings. The Morgan fingerprint density at radius 2 is 1.87 bits per heavy atom. The number of methoxy groups -OCH3 is 1. The summed E-state index contributed by atoms with van der Waals surface area (Å²) >= 11 is 0. The summed E-state index contributed by atoms with van der Waals surface area (Å²) < 4.78 is 31.7. The second-order valence-corrected chi connectivity index (χ2v) is 9.49. The molecule has 2 atom stereocenters. The molecule has 5 nitrogen and oxygen atoms in total. The van der Waals surface area contributed by atoms with Crippen molar-refractivity contribution in [3.05, 3.63) is 84.1 Å². The van der Waals surface area contributed by atoms with Crippen molar-refractivity contribution in [1.82, 2.24) is 10.3 Å². The molecule has 1 aliphatic heterocycles. The van der Waals surface area contributed by atoms with Crippen molar-refractivity contribution in [2.24, 2.45) is 5.92 Å². The van der Waals surface area contributed by atoms with Gasteiger partial charge in [-0.2, -0.15) is 0 Å². The topological polar surface area (TPSA) is 68.3 Å². The van der Waals surface area contributed by atoms with Crippen molar-refractivity contribution in [2.45, 2.75) is 35.2 Å². The van der Waals surface area contributed by atoms with Crippen LogP contribution in [0.2, 0.25) is 0 Å². The number of aromatic nitrogens is 1. The third-order valence-corrected chi connectivity index (χ3v) is 7.37. The molecule has 30 heavy (non-hydrogen) atoms. The van der Waals surface area contributed by atoms with Gasteiger partial charge in [-0.1, -0.05) is 36.4 Å². The first-order chi connectivity index (χ1) is 14.6. The fraction of sp³-hybridized carbons (Fsp3) is 0.292. The molecule has 1 saturated heterocycles. The van der Waals surface area contributed by atoms with Gasteiger partial charge in [0.2, 0.25) is 9.84 Å². The van der Waals surface area contributed by atoms with Gasteiger partial charge in [0.05, 0.1) is 12.0 Å². The van der Waals surface area contributed by atoms with Crippen molar-refractivity contribution >= 4 is 9.84 Å². The molecule has 156 valence electrons.